The molecule has 0 atom stereocenters. The van der Waals surface area contributed by atoms with Crippen LogP contribution in [0.15, 0.2) is 53.6 Å². The van der Waals surface area contributed by atoms with Gasteiger partial charge in [-0.15, -0.1) is 0 Å². The molecule has 0 amide bonds. The van der Waals surface area contributed by atoms with E-state index in [1.54, 1.807) is 18.3 Å². The average molecular weight is 378 g/mol. The van der Waals surface area contributed by atoms with E-state index in [1.807, 2.05) is 0 Å². The number of anilines is 2. The highest BCUT2D eigenvalue weighted by atomic mass is 16.6. The maximum atomic E-state index is 10.7. The van der Waals surface area contributed by atoms with Crippen molar-refractivity contribution in [3.8, 4) is 0 Å². The quantitative estimate of drug-likeness (QED) is 0.412. The Morgan fingerprint density at radius 3 is 2.57 bits per heavy atom. The van der Waals surface area contributed by atoms with Gasteiger partial charge in [-0.3, -0.25) is 15.5 Å². The summed E-state index contributed by atoms with van der Waals surface area (Å²) in [6, 6.07) is 12.6. The molecule has 1 aliphatic heterocycles. The molecule has 0 aliphatic carbocycles. The van der Waals surface area contributed by atoms with Crippen LogP contribution in [0.3, 0.4) is 0 Å². The summed E-state index contributed by atoms with van der Waals surface area (Å²) in [6.45, 7) is 9.86. The Morgan fingerprint density at radius 2 is 1.93 bits per heavy atom. The SMILES string of the molecule is CCCN1c2ccc(/C=N\Nc3ccc([N+](=O)[O-])cc3)cc2C(C)=CC1(C)C. The predicted octanol–water partition coefficient (Wildman–Crippen LogP) is 5.45. The first-order chi connectivity index (χ1) is 13.3. The van der Waals surface area contributed by atoms with E-state index < -0.39 is 4.92 Å². The Hall–Kier alpha value is -3.15. The van der Waals surface area contributed by atoms with Crippen LogP contribution in [0.25, 0.3) is 5.57 Å². The first-order valence-corrected chi connectivity index (χ1v) is 9.47. The lowest BCUT2D eigenvalue weighted by molar-refractivity contribution is -0.384. The Bertz CT molecular complexity index is 930. The van der Waals surface area contributed by atoms with Gasteiger partial charge in [0.15, 0.2) is 0 Å². The number of benzene rings is 2. The summed E-state index contributed by atoms with van der Waals surface area (Å²) in [5, 5.41) is 15.0. The fraction of sp³-hybridized carbons (Fsp3) is 0.318. The van der Waals surface area contributed by atoms with Gasteiger partial charge in [0.2, 0.25) is 0 Å². The molecule has 28 heavy (non-hydrogen) atoms. The lowest BCUT2D eigenvalue weighted by Crippen LogP contribution is -2.45. The molecule has 0 radical (unpaired) electrons. The van der Waals surface area contributed by atoms with Gasteiger partial charge in [0.05, 0.1) is 22.4 Å². The number of nitro groups is 1. The minimum atomic E-state index is -0.418. The van der Waals surface area contributed by atoms with Crippen molar-refractivity contribution in [3.63, 3.8) is 0 Å². The summed E-state index contributed by atoms with van der Waals surface area (Å²) in [6.07, 6.45) is 5.18. The second-order valence-corrected chi connectivity index (χ2v) is 7.58. The molecule has 6 heteroatoms. The number of nitro benzene ring substituents is 1. The number of hydrazone groups is 1. The predicted molar refractivity (Wildman–Crippen MR) is 116 cm³/mol. The zero-order valence-electron chi connectivity index (χ0n) is 16.8. The van der Waals surface area contributed by atoms with Crippen LogP contribution in [0.4, 0.5) is 17.1 Å². The molecule has 2 aromatic rings. The van der Waals surface area contributed by atoms with Crippen LogP contribution in [0.1, 0.15) is 45.2 Å². The van der Waals surface area contributed by atoms with E-state index in [1.165, 1.54) is 29.0 Å². The minimum absolute atomic E-state index is 0.000174. The van der Waals surface area contributed by atoms with Gasteiger partial charge in [-0.2, -0.15) is 5.10 Å². The molecule has 6 nitrogen and oxygen atoms in total. The minimum Gasteiger partial charge on any atom is -0.362 e. The number of nitrogens with one attached hydrogen (secondary N) is 1. The summed E-state index contributed by atoms with van der Waals surface area (Å²) >= 11 is 0. The van der Waals surface area contributed by atoms with Crippen molar-refractivity contribution >= 4 is 28.8 Å². The number of non-ortho nitro benzene ring substituents is 1. The molecule has 1 aliphatic rings. The Kier molecular flexibility index (Phi) is 5.49. The summed E-state index contributed by atoms with van der Waals surface area (Å²) in [7, 11) is 0. The van der Waals surface area contributed by atoms with Crippen LogP contribution in [0.2, 0.25) is 0 Å². The molecule has 0 unspecified atom stereocenters. The molecular formula is C22H26N4O2. The van der Waals surface area contributed by atoms with Crippen molar-refractivity contribution in [2.45, 2.75) is 39.7 Å². The fourth-order valence-corrected chi connectivity index (χ4v) is 3.65. The third kappa shape index (κ3) is 4.06. The van der Waals surface area contributed by atoms with Gasteiger partial charge < -0.3 is 4.90 Å². The van der Waals surface area contributed by atoms with E-state index in [4.69, 9.17) is 0 Å². The van der Waals surface area contributed by atoms with Crippen molar-refractivity contribution in [2.24, 2.45) is 5.10 Å². The number of allylic oxidation sites excluding steroid dienone is 1. The molecular weight excluding hydrogens is 352 g/mol. The molecule has 0 bridgehead atoms. The van der Waals surface area contributed by atoms with E-state index >= 15 is 0 Å². The standard InChI is InChI=1S/C22H26N4O2/c1-5-12-25-21-11-6-17(13-20(21)16(2)14-22(25,3)4)15-23-24-18-7-9-19(10-8-18)26(27)28/h6-11,13-15,24H,5,12H2,1-4H3/b23-15-. The number of rotatable bonds is 6. The summed E-state index contributed by atoms with van der Waals surface area (Å²) < 4.78 is 0. The van der Waals surface area contributed by atoms with Crippen LogP contribution < -0.4 is 10.3 Å². The molecule has 0 aromatic heterocycles. The normalized spacial score (nSPS) is 15.3. The van der Waals surface area contributed by atoms with E-state index in [-0.39, 0.29) is 11.2 Å². The van der Waals surface area contributed by atoms with Gasteiger partial charge in [0.25, 0.3) is 5.69 Å². The fourth-order valence-electron chi connectivity index (χ4n) is 3.65. The van der Waals surface area contributed by atoms with Gasteiger partial charge in [0, 0.05) is 29.9 Å². The second kappa shape index (κ2) is 7.84. The smallest absolute Gasteiger partial charge is 0.269 e. The Morgan fingerprint density at radius 1 is 1.21 bits per heavy atom. The third-order valence-electron chi connectivity index (χ3n) is 4.93. The maximum absolute atomic E-state index is 10.7. The van der Waals surface area contributed by atoms with E-state index in [0.717, 1.165) is 18.5 Å². The molecule has 0 spiro atoms. The molecule has 0 fully saturated rings. The summed E-state index contributed by atoms with van der Waals surface area (Å²) in [4.78, 5) is 12.7. The van der Waals surface area contributed by atoms with Crippen LogP contribution >= 0.6 is 0 Å². The lowest BCUT2D eigenvalue weighted by Gasteiger charge is -2.43. The monoisotopic (exact) mass is 378 g/mol. The van der Waals surface area contributed by atoms with Gasteiger partial charge in [-0.25, -0.2) is 0 Å². The second-order valence-electron chi connectivity index (χ2n) is 7.58. The van der Waals surface area contributed by atoms with Gasteiger partial charge in [-0.1, -0.05) is 19.1 Å². The summed E-state index contributed by atoms with van der Waals surface area (Å²) in [5.74, 6) is 0. The molecule has 0 saturated carbocycles. The third-order valence-corrected chi connectivity index (χ3v) is 4.93. The topological polar surface area (TPSA) is 70.8 Å². The van der Waals surface area contributed by atoms with Crippen molar-refractivity contribution < 1.29 is 4.92 Å². The van der Waals surface area contributed by atoms with E-state index in [0.29, 0.717) is 5.69 Å². The Labute approximate surface area is 165 Å². The highest BCUT2D eigenvalue weighted by molar-refractivity contribution is 5.88. The molecule has 1 heterocycles. The van der Waals surface area contributed by atoms with Crippen molar-refractivity contribution in [1.82, 2.24) is 0 Å². The maximum Gasteiger partial charge on any atom is 0.269 e. The van der Waals surface area contributed by atoms with Crippen LogP contribution in [-0.4, -0.2) is 23.2 Å². The Balaban J connectivity index is 1.79. The molecule has 2 aromatic carbocycles. The van der Waals surface area contributed by atoms with Crippen LogP contribution in [0.5, 0.6) is 0 Å². The van der Waals surface area contributed by atoms with Crippen LogP contribution in [-0.2, 0) is 0 Å². The molecule has 3 rings (SSSR count). The number of hydrogen-bond donors (Lipinski definition) is 1. The van der Waals surface area contributed by atoms with Gasteiger partial charge in [0.1, 0.15) is 0 Å². The first-order valence-electron chi connectivity index (χ1n) is 9.47. The van der Waals surface area contributed by atoms with Gasteiger partial charge in [-0.05, 0) is 62.6 Å². The van der Waals surface area contributed by atoms with Crippen molar-refractivity contribution in [1.29, 1.82) is 0 Å². The lowest BCUT2D eigenvalue weighted by atomic mass is 9.88. The van der Waals surface area contributed by atoms with Crippen molar-refractivity contribution in [3.05, 3.63) is 69.8 Å². The van der Waals surface area contributed by atoms with Crippen LogP contribution in [0, 0.1) is 10.1 Å². The van der Waals surface area contributed by atoms with E-state index in [2.05, 4.69) is 67.4 Å². The molecule has 0 saturated heterocycles. The number of hydrogen-bond acceptors (Lipinski definition) is 5. The molecule has 146 valence electrons. The molecule has 1 N–H and O–H groups in total. The highest BCUT2D eigenvalue weighted by Crippen LogP contribution is 2.39. The number of nitrogens with zero attached hydrogens (tertiary/aromatic N) is 3. The zero-order chi connectivity index (χ0) is 20.3. The largest absolute Gasteiger partial charge is 0.362 e. The van der Waals surface area contributed by atoms with Gasteiger partial charge >= 0.3 is 0 Å². The zero-order valence-corrected chi connectivity index (χ0v) is 16.8. The van der Waals surface area contributed by atoms with Crippen molar-refractivity contribution in [2.75, 3.05) is 16.9 Å². The summed E-state index contributed by atoms with van der Waals surface area (Å²) in [5.41, 5.74) is 8.43. The first kappa shape index (κ1) is 19.6. The highest BCUT2D eigenvalue weighted by Gasteiger charge is 2.30. The number of fused-ring (bicyclic) bond motifs is 1. The average Bonchev–Trinajstić information content (AvgIpc) is 2.65. The van der Waals surface area contributed by atoms with E-state index in [9.17, 15) is 10.1 Å².